The molecule has 0 aromatic carbocycles. The Morgan fingerprint density at radius 2 is 1.73 bits per heavy atom. The van der Waals surface area contributed by atoms with Gasteiger partial charge in [-0.3, -0.25) is 4.57 Å². The van der Waals surface area contributed by atoms with Crippen LogP contribution in [0.2, 0.25) is 0 Å². The maximum Gasteiger partial charge on any atom is 0.408 e. The molecule has 2 aromatic heterocycles. The number of anilines is 1. The van der Waals surface area contributed by atoms with Crippen molar-refractivity contribution in [2.45, 2.75) is 109 Å². The normalized spacial score (nSPS) is 21.7. The highest BCUT2D eigenvalue weighted by molar-refractivity contribution is 5.81. The van der Waals surface area contributed by atoms with Crippen LogP contribution in [0.15, 0.2) is 12.7 Å². The molecule has 0 saturated carbocycles. The van der Waals surface area contributed by atoms with Crippen LogP contribution in [0.5, 0.6) is 0 Å². The molecule has 2 aromatic rings. The summed E-state index contributed by atoms with van der Waals surface area (Å²) in [5.41, 5.74) is 4.90. The molecule has 0 bridgehead atoms. The molecule has 6 atom stereocenters. The first-order valence-electron chi connectivity index (χ1n) is 14.0. The minimum Gasteiger partial charge on any atom is -0.480 e. The fourth-order valence-electron chi connectivity index (χ4n) is 4.62. The summed E-state index contributed by atoms with van der Waals surface area (Å²) in [6.45, 7) is 9.91. The number of aliphatic carboxylic acids is 1. The molecule has 0 spiro atoms. The monoisotopic (exact) mass is 619 g/mol. The Balaban J connectivity index is 1.85. The van der Waals surface area contributed by atoms with Gasteiger partial charge >= 0.3 is 18.2 Å². The number of carbonyl (C=O) groups is 3. The van der Waals surface area contributed by atoms with Gasteiger partial charge in [-0.1, -0.05) is 5.92 Å². The second-order valence-corrected chi connectivity index (χ2v) is 12.3. The van der Waals surface area contributed by atoms with Crippen LogP contribution in [-0.4, -0.2) is 96.1 Å². The highest BCUT2D eigenvalue weighted by Crippen LogP contribution is 2.36. The molecular weight excluding hydrogens is 578 g/mol. The summed E-state index contributed by atoms with van der Waals surface area (Å²) in [7, 11) is 0. The standard InChI is InChI=1S/C28H41N7O9/c1-8-11-41-20-17(42-23(19(20)36)35-14-32-18-21(29)30-13-31-22(18)35)12-15(33-25(39)43-27(2,3)4)9-10-16(24(37)38)34-26(40)44-28(5,6)7/h1,13-17,19-20,23,36H,9-12H2,2-7H3,(H,33,39)(H,34,40)(H,37,38)(H2,29,30,31)/t15-,16-,17+,19+,20-,23+/m0/s1. The summed E-state index contributed by atoms with van der Waals surface area (Å²) in [4.78, 5) is 49.4. The molecule has 1 aliphatic heterocycles. The number of alkyl carbamates (subject to hydrolysis) is 2. The number of ether oxygens (including phenoxy) is 4. The second-order valence-electron chi connectivity index (χ2n) is 12.3. The molecule has 3 heterocycles. The van der Waals surface area contributed by atoms with E-state index in [1.165, 1.54) is 17.2 Å². The minimum absolute atomic E-state index is 0.0462. The number of carbonyl (C=O) groups excluding carboxylic acids is 2. The van der Waals surface area contributed by atoms with E-state index in [0.29, 0.717) is 11.2 Å². The van der Waals surface area contributed by atoms with Crippen LogP contribution in [0.4, 0.5) is 15.4 Å². The average Bonchev–Trinajstić information content (AvgIpc) is 3.44. The SMILES string of the molecule is C#CCO[C@@H]1[C@@H](O)[C@H](n2cnc3c(N)ncnc32)O[C@@H]1C[C@H](CC[C@H](NC(=O)OC(C)(C)C)C(=O)O)NC(=O)OC(C)(C)C. The lowest BCUT2D eigenvalue weighted by Gasteiger charge is -2.28. The molecule has 3 rings (SSSR count). The summed E-state index contributed by atoms with van der Waals surface area (Å²) < 4.78 is 24.1. The number of aromatic nitrogens is 4. The van der Waals surface area contributed by atoms with E-state index in [2.05, 4.69) is 31.5 Å². The number of imidazole rings is 1. The summed E-state index contributed by atoms with van der Waals surface area (Å²) in [5.74, 6) is 1.23. The Bertz CT molecular complexity index is 1360. The third kappa shape index (κ3) is 9.40. The molecule has 44 heavy (non-hydrogen) atoms. The molecule has 1 saturated heterocycles. The number of carboxylic acids is 1. The summed E-state index contributed by atoms with van der Waals surface area (Å²) in [6, 6.07) is -2.08. The van der Waals surface area contributed by atoms with Gasteiger partial charge in [0.15, 0.2) is 17.7 Å². The van der Waals surface area contributed by atoms with Gasteiger partial charge in [0.1, 0.15) is 47.9 Å². The number of rotatable bonds is 11. The smallest absolute Gasteiger partial charge is 0.408 e. The molecule has 2 amide bonds. The van der Waals surface area contributed by atoms with Crippen molar-refractivity contribution in [1.82, 2.24) is 30.2 Å². The number of hydrogen-bond donors (Lipinski definition) is 5. The number of amides is 2. The van der Waals surface area contributed by atoms with E-state index in [-0.39, 0.29) is 31.7 Å². The van der Waals surface area contributed by atoms with Gasteiger partial charge < -0.3 is 45.5 Å². The van der Waals surface area contributed by atoms with Gasteiger partial charge in [-0.15, -0.1) is 6.42 Å². The Hall–Kier alpha value is -4.20. The van der Waals surface area contributed by atoms with Gasteiger partial charge in [0, 0.05) is 6.04 Å². The van der Waals surface area contributed by atoms with Crippen LogP contribution in [0.3, 0.4) is 0 Å². The molecular formula is C28H41N7O9. The Morgan fingerprint density at radius 3 is 2.32 bits per heavy atom. The van der Waals surface area contributed by atoms with Crippen LogP contribution < -0.4 is 16.4 Å². The zero-order chi connectivity index (χ0) is 32.8. The third-order valence-electron chi connectivity index (χ3n) is 6.36. The van der Waals surface area contributed by atoms with Crippen LogP contribution >= 0.6 is 0 Å². The first kappa shape index (κ1) is 34.3. The van der Waals surface area contributed by atoms with E-state index in [9.17, 15) is 24.6 Å². The van der Waals surface area contributed by atoms with Gasteiger partial charge in [-0.25, -0.2) is 29.3 Å². The highest BCUT2D eigenvalue weighted by atomic mass is 16.6. The maximum absolute atomic E-state index is 12.8. The number of nitrogen functional groups attached to an aromatic ring is 1. The second kappa shape index (κ2) is 14.1. The van der Waals surface area contributed by atoms with Crippen LogP contribution in [0.25, 0.3) is 11.2 Å². The lowest BCUT2D eigenvalue weighted by Crippen LogP contribution is -2.46. The van der Waals surface area contributed by atoms with Crippen LogP contribution in [0.1, 0.15) is 67.0 Å². The first-order chi connectivity index (χ1) is 20.5. The van der Waals surface area contributed by atoms with E-state index in [1.54, 1.807) is 41.5 Å². The molecule has 1 fully saturated rings. The van der Waals surface area contributed by atoms with Crippen molar-refractivity contribution in [3.63, 3.8) is 0 Å². The maximum atomic E-state index is 12.8. The van der Waals surface area contributed by atoms with Crippen LogP contribution in [0, 0.1) is 12.3 Å². The minimum atomic E-state index is -1.33. The number of nitrogens with zero attached hydrogens (tertiary/aromatic N) is 4. The number of nitrogens with two attached hydrogens (primary N) is 1. The van der Waals surface area contributed by atoms with Crippen LogP contribution in [-0.2, 0) is 23.7 Å². The van der Waals surface area contributed by atoms with Crippen molar-refractivity contribution >= 4 is 35.1 Å². The molecule has 0 aliphatic carbocycles. The fraction of sp³-hybridized carbons (Fsp3) is 0.643. The zero-order valence-corrected chi connectivity index (χ0v) is 25.6. The quantitative estimate of drug-likeness (QED) is 0.226. The molecule has 242 valence electrons. The van der Waals surface area contributed by atoms with E-state index in [4.69, 9.17) is 31.1 Å². The molecule has 1 aliphatic rings. The topological polar surface area (TPSA) is 222 Å². The van der Waals surface area contributed by atoms with E-state index < -0.39 is 66.0 Å². The molecule has 16 heteroatoms. The predicted molar refractivity (Wildman–Crippen MR) is 156 cm³/mol. The third-order valence-corrected chi connectivity index (χ3v) is 6.36. The number of aliphatic hydroxyl groups excluding tert-OH is 1. The van der Waals surface area contributed by atoms with Gasteiger partial charge in [0.05, 0.1) is 12.4 Å². The van der Waals surface area contributed by atoms with Crippen molar-refractivity contribution in [2.24, 2.45) is 0 Å². The lowest BCUT2D eigenvalue weighted by atomic mass is 9.97. The zero-order valence-electron chi connectivity index (χ0n) is 25.6. The number of hydrogen-bond acceptors (Lipinski definition) is 12. The molecule has 0 unspecified atom stereocenters. The number of aliphatic hydroxyl groups is 1. The van der Waals surface area contributed by atoms with Crippen molar-refractivity contribution in [2.75, 3.05) is 12.3 Å². The predicted octanol–water partition coefficient (Wildman–Crippen LogP) is 1.73. The first-order valence-corrected chi connectivity index (χ1v) is 14.0. The summed E-state index contributed by atoms with van der Waals surface area (Å²) >= 11 is 0. The number of terminal acetylenes is 1. The van der Waals surface area contributed by atoms with Gasteiger partial charge in [0.2, 0.25) is 0 Å². The van der Waals surface area contributed by atoms with E-state index in [0.717, 1.165) is 0 Å². The van der Waals surface area contributed by atoms with E-state index >= 15 is 0 Å². The Morgan fingerprint density at radius 1 is 1.09 bits per heavy atom. The number of carboxylic acid groups (broad SMARTS) is 1. The van der Waals surface area contributed by atoms with E-state index in [1.807, 2.05) is 0 Å². The molecule has 0 radical (unpaired) electrons. The summed E-state index contributed by atoms with van der Waals surface area (Å²) in [5, 5.41) is 26.2. The lowest BCUT2D eigenvalue weighted by molar-refractivity contribution is -0.139. The van der Waals surface area contributed by atoms with Crippen molar-refractivity contribution < 1.29 is 43.5 Å². The summed E-state index contributed by atoms with van der Waals surface area (Å²) in [6.07, 6.45) is 2.37. The Labute approximate surface area is 255 Å². The largest absolute Gasteiger partial charge is 0.480 e. The highest BCUT2D eigenvalue weighted by Gasteiger charge is 2.47. The molecule has 16 nitrogen and oxygen atoms in total. The molecule has 6 N–H and O–H groups in total. The van der Waals surface area contributed by atoms with Gasteiger partial charge in [0.25, 0.3) is 0 Å². The Kier molecular flexibility index (Phi) is 11.0. The van der Waals surface area contributed by atoms with Crippen molar-refractivity contribution in [1.29, 1.82) is 0 Å². The van der Waals surface area contributed by atoms with Crippen molar-refractivity contribution in [3.05, 3.63) is 12.7 Å². The number of nitrogens with one attached hydrogen (secondary N) is 2. The van der Waals surface area contributed by atoms with Gasteiger partial charge in [-0.05, 0) is 60.8 Å². The number of fused-ring (bicyclic) bond motifs is 1. The van der Waals surface area contributed by atoms with Gasteiger partial charge in [-0.2, -0.15) is 0 Å². The van der Waals surface area contributed by atoms with Crippen molar-refractivity contribution in [3.8, 4) is 12.3 Å². The average molecular weight is 620 g/mol. The fourth-order valence-corrected chi connectivity index (χ4v) is 4.62.